The van der Waals surface area contributed by atoms with Crippen LogP contribution >= 0.6 is 11.8 Å². The Morgan fingerprint density at radius 3 is 2.79 bits per heavy atom. The number of hydrogen-bond donors (Lipinski definition) is 1. The maximum Gasteiger partial charge on any atom is 0.276 e. The number of nitrogens with two attached hydrogens (primary N) is 1. The molecule has 2 aromatic rings. The van der Waals surface area contributed by atoms with Crippen molar-refractivity contribution in [3.05, 3.63) is 41.8 Å². The van der Waals surface area contributed by atoms with Gasteiger partial charge in [0, 0.05) is 5.75 Å². The SMILES string of the molecule is CCCCSc1nnc([C@H](N)Cc2ccccc2)o1. The number of benzene rings is 1. The molecule has 1 aromatic carbocycles. The molecular formula is C14H19N3OS. The molecule has 4 nitrogen and oxygen atoms in total. The molecule has 0 aliphatic carbocycles. The summed E-state index contributed by atoms with van der Waals surface area (Å²) in [4.78, 5) is 0. The summed E-state index contributed by atoms with van der Waals surface area (Å²) in [6.07, 6.45) is 3.03. The van der Waals surface area contributed by atoms with Gasteiger partial charge in [0.25, 0.3) is 5.22 Å². The summed E-state index contributed by atoms with van der Waals surface area (Å²) in [6.45, 7) is 2.16. The van der Waals surface area contributed by atoms with Crippen LogP contribution < -0.4 is 5.73 Å². The van der Waals surface area contributed by atoms with Crippen LogP contribution in [0.15, 0.2) is 40.0 Å². The minimum atomic E-state index is -0.240. The lowest BCUT2D eigenvalue weighted by molar-refractivity contribution is 0.385. The Balaban J connectivity index is 1.90. The zero-order valence-corrected chi connectivity index (χ0v) is 11.9. The molecular weight excluding hydrogens is 258 g/mol. The molecule has 0 amide bonds. The van der Waals surface area contributed by atoms with Crippen LogP contribution in [0, 0.1) is 0 Å². The van der Waals surface area contributed by atoms with Crippen molar-refractivity contribution in [2.45, 2.75) is 37.5 Å². The Kier molecular flexibility index (Phi) is 5.42. The number of unbranched alkanes of at least 4 members (excludes halogenated alkanes) is 1. The van der Waals surface area contributed by atoms with E-state index < -0.39 is 0 Å². The van der Waals surface area contributed by atoms with Gasteiger partial charge in [0.1, 0.15) is 0 Å². The van der Waals surface area contributed by atoms with Crippen LogP contribution in [0.3, 0.4) is 0 Å². The van der Waals surface area contributed by atoms with Crippen LogP contribution in [-0.2, 0) is 6.42 Å². The second-order valence-electron chi connectivity index (χ2n) is 4.40. The lowest BCUT2D eigenvalue weighted by Gasteiger charge is -2.06. The van der Waals surface area contributed by atoms with Gasteiger partial charge in [-0.15, -0.1) is 10.2 Å². The number of thioether (sulfide) groups is 1. The van der Waals surface area contributed by atoms with E-state index in [0.717, 1.165) is 12.2 Å². The van der Waals surface area contributed by atoms with Gasteiger partial charge in [-0.2, -0.15) is 0 Å². The van der Waals surface area contributed by atoms with Crippen molar-refractivity contribution in [2.75, 3.05) is 5.75 Å². The van der Waals surface area contributed by atoms with E-state index >= 15 is 0 Å². The highest BCUT2D eigenvalue weighted by Gasteiger charge is 2.15. The molecule has 102 valence electrons. The van der Waals surface area contributed by atoms with Gasteiger partial charge in [0.2, 0.25) is 5.89 Å². The Morgan fingerprint density at radius 2 is 2.05 bits per heavy atom. The topological polar surface area (TPSA) is 64.9 Å². The Labute approximate surface area is 117 Å². The zero-order chi connectivity index (χ0) is 13.5. The zero-order valence-electron chi connectivity index (χ0n) is 11.1. The minimum absolute atomic E-state index is 0.240. The molecule has 0 spiro atoms. The van der Waals surface area contributed by atoms with E-state index in [4.69, 9.17) is 10.2 Å². The smallest absolute Gasteiger partial charge is 0.276 e. The average molecular weight is 277 g/mol. The molecule has 0 fully saturated rings. The van der Waals surface area contributed by atoms with Crippen LogP contribution in [0.25, 0.3) is 0 Å². The van der Waals surface area contributed by atoms with Crippen molar-refractivity contribution in [1.82, 2.24) is 10.2 Å². The van der Waals surface area contributed by atoms with Gasteiger partial charge in [-0.3, -0.25) is 0 Å². The van der Waals surface area contributed by atoms with E-state index in [-0.39, 0.29) is 6.04 Å². The molecule has 0 aliphatic rings. The Hall–Kier alpha value is -1.33. The molecule has 1 aromatic heterocycles. The molecule has 0 aliphatic heterocycles. The first kappa shape index (κ1) is 14.1. The second-order valence-corrected chi connectivity index (χ2v) is 5.45. The van der Waals surface area contributed by atoms with Gasteiger partial charge in [0.05, 0.1) is 6.04 Å². The number of aromatic nitrogens is 2. The monoisotopic (exact) mass is 277 g/mol. The summed E-state index contributed by atoms with van der Waals surface area (Å²) in [6, 6.07) is 9.85. The van der Waals surface area contributed by atoms with Crippen molar-refractivity contribution >= 4 is 11.8 Å². The van der Waals surface area contributed by atoms with Gasteiger partial charge in [0.15, 0.2) is 0 Å². The van der Waals surface area contributed by atoms with Crippen molar-refractivity contribution in [3.8, 4) is 0 Å². The first-order chi connectivity index (χ1) is 9.29. The van der Waals surface area contributed by atoms with E-state index in [0.29, 0.717) is 17.5 Å². The molecule has 0 bridgehead atoms. The van der Waals surface area contributed by atoms with Crippen molar-refractivity contribution in [1.29, 1.82) is 0 Å². The fourth-order valence-corrected chi connectivity index (χ4v) is 2.54. The van der Waals surface area contributed by atoms with Gasteiger partial charge in [-0.25, -0.2) is 0 Å². The summed E-state index contributed by atoms with van der Waals surface area (Å²) in [5.74, 6) is 1.52. The Morgan fingerprint density at radius 1 is 1.26 bits per heavy atom. The standard InChI is InChI=1S/C14H19N3OS/c1-2-3-9-19-14-17-16-13(18-14)12(15)10-11-7-5-4-6-8-11/h4-8,12H,2-3,9-10,15H2,1H3/t12-/m1/s1. The maximum atomic E-state index is 6.09. The van der Waals surface area contributed by atoms with Crippen LogP contribution in [0.4, 0.5) is 0 Å². The maximum absolute atomic E-state index is 6.09. The van der Waals surface area contributed by atoms with E-state index in [9.17, 15) is 0 Å². The van der Waals surface area contributed by atoms with E-state index in [2.05, 4.69) is 17.1 Å². The first-order valence-corrected chi connectivity index (χ1v) is 7.54. The normalized spacial score (nSPS) is 12.5. The summed E-state index contributed by atoms with van der Waals surface area (Å²) in [7, 11) is 0. The highest BCUT2D eigenvalue weighted by Crippen LogP contribution is 2.21. The molecule has 1 heterocycles. The molecule has 1 atom stereocenters. The third-order valence-corrected chi connectivity index (χ3v) is 3.67. The highest BCUT2D eigenvalue weighted by molar-refractivity contribution is 7.99. The molecule has 2 rings (SSSR count). The first-order valence-electron chi connectivity index (χ1n) is 6.55. The summed E-state index contributed by atoms with van der Waals surface area (Å²) in [5.41, 5.74) is 7.26. The van der Waals surface area contributed by atoms with Crippen molar-refractivity contribution in [2.24, 2.45) is 5.73 Å². The summed E-state index contributed by atoms with van der Waals surface area (Å²) < 4.78 is 5.58. The van der Waals surface area contributed by atoms with Gasteiger partial charge >= 0.3 is 0 Å². The molecule has 0 unspecified atom stereocenters. The van der Waals surface area contributed by atoms with Crippen molar-refractivity contribution < 1.29 is 4.42 Å². The molecule has 0 saturated carbocycles. The number of hydrogen-bond acceptors (Lipinski definition) is 5. The number of nitrogens with zero attached hydrogens (tertiary/aromatic N) is 2. The van der Waals surface area contributed by atoms with Gasteiger partial charge in [-0.05, 0) is 18.4 Å². The molecule has 2 N–H and O–H groups in total. The number of rotatable bonds is 7. The van der Waals surface area contributed by atoms with Crippen LogP contribution in [-0.4, -0.2) is 16.0 Å². The second kappa shape index (κ2) is 7.31. The van der Waals surface area contributed by atoms with Crippen LogP contribution in [0.5, 0.6) is 0 Å². The fraction of sp³-hybridized carbons (Fsp3) is 0.429. The third-order valence-electron chi connectivity index (χ3n) is 2.76. The van der Waals surface area contributed by atoms with Gasteiger partial charge in [-0.1, -0.05) is 55.4 Å². The molecule has 0 radical (unpaired) electrons. The van der Waals surface area contributed by atoms with E-state index in [1.807, 2.05) is 30.3 Å². The highest BCUT2D eigenvalue weighted by atomic mass is 32.2. The molecule has 19 heavy (non-hydrogen) atoms. The van der Waals surface area contributed by atoms with Gasteiger partial charge < -0.3 is 10.2 Å². The lowest BCUT2D eigenvalue weighted by Crippen LogP contribution is -2.13. The average Bonchev–Trinajstić information content (AvgIpc) is 2.89. The minimum Gasteiger partial charge on any atom is -0.414 e. The third kappa shape index (κ3) is 4.36. The summed E-state index contributed by atoms with van der Waals surface area (Å²) >= 11 is 1.59. The lowest BCUT2D eigenvalue weighted by atomic mass is 10.1. The fourth-order valence-electron chi connectivity index (χ4n) is 1.69. The van der Waals surface area contributed by atoms with Crippen molar-refractivity contribution in [3.63, 3.8) is 0 Å². The van der Waals surface area contributed by atoms with E-state index in [1.54, 1.807) is 11.8 Å². The van der Waals surface area contributed by atoms with Crippen LogP contribution in [0.2, 0.25) is 0 Å². The summed E-state index contributed by atoms with van der Waals surface area (Å²) in [5, 5.41) is 8.66. The largest absolute Gasteiger partial charge is 0.414 e. The predicted octanol–water partition coefficient (Wildman–Crippen LogP) is 3.20. The predicted molar refractivity (Wildman–Crippen MR) is 77.0 cm³/mol. The Bertz CT molecular complexity index is 486. The van der Waals surface area contributed by atoms with E-state index in [1.165, 1.54) is 12.0 Å². The molecule has 0 saturated heterocycles. The molecule has 5 heteroatoms. The van der Waals surface area contributed by atoms with Crippen LogP contribution in [0.1, 0.15) is 37.3 Å². The quantitative estimate of drug-likeness (QED) is 0.622.